The number of hydrogen-bond donors (Lipinski definition) is 14. The first-order chi connectivity index (χ1) is 55.8. The Balaban J connectivity index is 1.25. The van der Waals surface area contributed by atoms with Crippen LogP contribution >= 0.6 is 0 Å². The van der Waals surface area contributed by atoms with Crippen LogP contribution in [0.3, 0.4) is 0 Å². The molecule has 0 bridgehead atoms. The minimum Gasteiger partial charge on any atom is -0.466 e. The van der Waals surface area contributed by atoms with Crippen LogP contribution in [0.4, 0.5) is 4.79 Å². The van der Waals surface area contributed by atoms with Gasteiger partial charge in [0.25, 0.3) is 0 Å². The number of aliphatic hydroxyl groups excluding tert-OH is 10. The quantitative estimate of drug-likeness (QED) is 0.0233. The standard InChI is InChI=1S/C82H145N5O29/c1-56-72(100)75(103)63(53-89)114-78(56)110-44-22-30-60(92)28-14-8-5-13-21-43-85-81(106)113-49-27-40-82(86-68(96)37-36-61(93)29-17-18-33-69(97)87-51-62(107-4)50-59(87)52-88,38-25-47-108-70(98)34-15-9-6-11-19-41-83-66(94)31-23-45-111-79-57(2)73(101)76(104)64(54-90)115-79)39-26-48-109-71(99)35-16-10-7-12-20-42-84-67(95)32-24-46-112-80-58(3)74(102)77(105)65(55-91)116-80/h56-59,62-65,72-80,88-91,100-105H,5-55H2,1-4H3,(H,83,94)(H,84,95)(H,85,106)(H,86,96)/t56?,57?,58?,59-,62+,63?,64?,65?,72?,73?,74?,75?,76?,77?,78?,79?,80?,82?/m1/s1. The van der Waals surface area contributed by atoms with Gasteiger partial charge in [-0.25, -0.2) is 4.79 Å². The highest BCUT2D eigenvalue weighted by Crippen LogP contribution is 2.32. The maximum Gasteiger partial charge on any atom is 0.407 e. The summed E-state index contributed by atoms with van der Waals surface area (Å²) in [5.41, 5.74) is -0.993. The maximum atomic E-state index is 14.1. The van der Waals surface area contributed by atoms with Gasteiger partial charge in [-0.15, -0.1) is 0 Å². The normalized spacial score (nSPS) is 25.9. The molecule has 0 aromatic heterocycles. The Labute approximate surface area is 685 Å². The fourth-order valence-electron chi connectivity index (χ4n) is 14.9. The van der Waals surface area contributed by atoms with Crippen molar-refractivity contribution in [1.82, 2.24) is 26.2 Å². The summed E-state index contributed by atoms with van der Waals surface area (Å²) >= 11 is 0. The lowest BCUT2D eigenvalue weighted by Gasteiger charge is -2.40. The Morgan fingerprint density at radius 2 is 0.741 bits per heavy atom. The van der Waals surface area contributed by atoms with Crippen LogP contribution in [0, 0.1) is 17.8 Å². The van der Waals surface area contributed by atoms with Gasteiger partial charge in [-0.1, -0.05) is 78.6 Å². The molecule has 34 nitrogen and oxygen atoms in total. The second kappa shape index (κ2) is 60.3. The van der Waals surface area contributed by atoms with Crippen LogP contribution in [0.2, 0.25) is 0 Å². The Bertz CT molecular complexity index is 2540. The summed E-state index contributed by atoms with van der Waals surface area (Å²) in [6, 6.07) is -0.327. The van der Waals surface area contributed by atoms with Gasteiger partial charge < -0.3 is 125 Å². The summed E-state index contributed by atoms with van der Waals surface area (Å²) < 4.78 is 56.4. The van der Waals surface area contributed by atoms with Crippen LogP contribution in [-0.4, -0.2) is 300 Å². The predicted octanol–water partition coefficient (Wildman–Crippen LogP) is 3.95. The third-order valence-electron chi connectivity index (χ3n) is 22.3. The zero-order chi connectivity index (χ0) is 85.1. The van der Waals surface area contributed by atoms with E-state index in [4.69, 9.17) is 47.4 Å². The van der Waals surface area contributed by atoms with E-state index >= 15 is 0 Å². The van der Waals surface area contributed by atoms with E-state index in [-0.39, 0.29) is 151 Å². The lowest BCUT2D eigenvalue weighted by atomic mass is 9.83. The summed E-state index contributed by atoms with van der Waals surface area (Å²) in [5, 5.41) is 111. The van der Waals surface area contributed by atoms with E-state index in [1.165, 1.54) is 0 Å². The molecule has 14 N–H and O–H groups in total. The van der Waals surface area contributed by atoms with Crippen molar-refractivity contribution in [1.29, 1.82) is 0 Å². The second-order valence-electron chi connectivity index (χ2n) is 31.8. The predicted molar refractivity (Wildman–Crippen MR) is 421 cm³/mol. The molecule has 0 aromatic carbocycles. The number of carbonyl (C=O) groups excluding carboxylic acids is 9. The van der Waals surface area contributed by atoms with Gasteiger partial charge in [0, 0.05) is 121 Å². The first-order valence-electron chi connectivity index (χ1n) is 43.1. The molecule has 4 heterocycles. The Morgan fingerprint density at radius 1 is 0.379 bits per heavy atom. The largest absolute Gasteiger partial charge is 0.466 e. The lowest BCUT2D eigenvalue weighted by Crippen LogP contribution is -2.55. The number of amides is 5. The summed E-state index contributed by atoms with van der Waals surface area (Å²) in [6.07, 6.45) is 4.26. The highest BCUT2D eigenvalue weighted by molar-refractivity contribution is 5.85. The van der Waals surface area contributed by atoms with Crippen molar-refractivity contribution in [3.05, 3.63) is 0 Å². The molecule has 4 saturated heterocycles. The van der Waals surface area contributed by atoms with Gasteiger partial charge in [-0.2, -0.15) is 0 Å². The van der Waals surface area contributed by atoms with E-state index in [1.807, 2.05) is 0 Å². The van der Waals surface area contributed by atoms with Gasteiger partial charge in [0.1, 0.15) is 48.2 Å². The molecule has 0 radical (unpaired) electrons. The topological polar surface area (TPSA) is 500 Å². The Kier molecular flexibility index (Phi) is 53.6. The van der Waals surface area contributed by atoms with E-state index in [9.17, 15) is 94.2 Å². The maximum absolute atomic E-state index is 14.1. The average Bonchev–Trinajstić information content (AvgIpc) is 1.13. The number of ketones is 2. The number of rotatable bonds is 65. The molecule has 0 spiro atoms. The van der Waals surface area contributed by atoms with Gasteiger partial charge in [-0.3, -0.25) is 38.4 Å². The van der Waals surface area contributed by atoms with Gasteiger partial charge in [0.2, 0.25) is 23.6 Å². The fraction of sp³-hybridized carbons (Fsp3) is 0.890. The van der Waals surface area contributed by atoms with Crippen LogP contribution in [-0.2, 0) is 85.7 Å². The van der Waals surface area contributed by atoms with Gasteiger partial charge in [0.15, 0.2) is 18.9 Å². The van der Waals surface area contributed by atoms with Crippen molar-refractivity contribution in [2.75, 3.05) is 99.4 Å². The Hall–Kier alpha value is -5.25. The van der Waals surface area contributed by atoms with Crippen molar-refractivity contribution in [3.8, 4) is 0 Å². The zero-order valence-electron chi connectivity index (χ0n) is 69.6. The highest BCUT2D eigenvalue weighted by atomic mass is 16.7. The highest BCUT2D eigenvalue weighted by Gasteiger charge is 2.45. The zero-order valence-corrected chi connectivity index (χ0v) is 69.6. The van der Waals surface area contributed by atoms with Crippen LogP contribution < -0.4 is 21.3 Å². The molecular formula is C82H145N5O29. The number of alkyl carbamates (subject to hydrolysis) is 1. The number of esters is 2. The number of unbranched alkanes of at least 4 members (excludes halogenated alkanes) is 13. The molecular weight excluding hydrogens is 1520 g/mol. The third-order valence-corrected chi connectivity index (χ3v) is 22.3. The molecule has 0 aromatic rings. The molecule has 5 amide bonds. The van der Waals surface area contributed by atoms with Crippen LogP contribution in [0.1, 0.15) is 258 Å². The van der Waals surface area contributed by atoms with Crippen molar-refractivity contribution in [3.63, 3.8) is 0 Å². The van der Waals surface area contributed by atoms with Gasteiger partial charge in [-0.05, 0) is 116 Å². The smallest absolute Gasteiger partial charge is 0.407 e. The first-order valence-corrected chi connectivity index (χ1v) is 43.1. The monoisotopic (exact) mass is 1660 g/mol. The third kappa shape index (κ3) is 40.9. The number of Topliss-reactive ketones (excluding diaryl/α,β-unsaturated/α-hetero) is 2. The SMILES string of the molecule is CO[C@H]1C[C@H](CO)N(C(=O)CCCCC(=O)CCC(=O)NC(CCCOC(=O)CCCCCCCNC(=O)CCCOC2OC(CO)C(O)C(O)C2C)(CCCOC(=O)CCCCCCCNC(=O)CCCOC2OC(CO)C(O)C(O)C2C)CCCOC(=O)NCCCCCCCC(=O)CCCOC2OC(CO)C(O)C(O)C2C)C1. The van der Waals surface area contributed by atoms with Gasteiger partial charge >= 0.3 is 18.0 Å². The molecule has 15 unspecified atom stereocenters. The fourth-order valence-corrected chi connectivity index (χ4v) is 14.9. The van der Waals surface area contributed by atoms with Crippen LogP contribution in [0.5, 0.6) is 0 Å². The number of methoxy groups -OCH3 is 1. The molecule has 0 aliphatic carbocycles. The van der Waals surface area contributed by atoms with Crippen LogP contribution in [0.15, 0.2) is 0 Å². The van der Waals surface area contributed by atoms with Crippen molar-refractivity contribution >= 4 is 53.2 Å². The number of aliphatic hydroxyl groups is 10. The van der Waals surface area contributed by atoms with E-state index in [2.05, 4.69) is 21.3 Å². The Morgan fingerprint density at radius 3 is 1.16 bits per heavy atom. The number of likely N-dealkylation sites (tertiary alicyclic amines) is 1. The minimum absolute atomic E-state index is 0.0162. The molecule has 116 heavy (non-hydrogen) atoms. The van der Waals surface area contributed by atoms with Crippen molar-refractivity contribution in [2.24, 2.45) is 17.8 Å². The molecule has 0 saturated carbocycles. The summed E-state index contributed by atoms with van der Waals surface area (Å²) in [4.78, 5) is 119. The van der Waals surface area contributed by atoms with E-state index in [0.717, 1.165) is 70.6 Å². The molecule has 4 rings (SSSR count). The molecule has 4 aliphatic rings. The number of nitrogens with zero attached hydrogens (tertiary/aromatic N) is 1. The molecule has 4 aliphatic heterocycles. The van der Waals surface area contributed by atoms with Gasteiger partial charge in [0.05, 0.1) is 96.5 Å². The minimum atomic E-state index is -1.23. The van der Waals surface area contributed by atoms with E-state index in [0.29, 0.717) is 142 Å². The lowest BCUT2D eigenvalue weighted by molar-refractivity contribution is -0.282. The van der Waals surface area contributed by atoms with Crippen LogP contribution in [0.25, 0.3) is 0 Å². The number of nitrogens with one attached hydrogen (secondary N) is 4. The van der Waals surface area contributed by atoms with E-state index in [1.54, 1.807) is 32.8 Å². The summed E-state index contributed by atoms with van der Waals surface area (Å²) in [5.74, 6) is -3.23. The second-order valence-corrected chi connectivity index (χ2v) is 31.8. The number of ether oxygens (including phenoxy) is 10. The van der Waals surface area contributed by atoms with Crippen molar-refractivity contribution < 1.29 is 142 Å². The van der Waals surface area contributed by atoms with E-state index < -0.39 is 129 Å². The summed E-state index contributed by atoms with van der Waals surface area (Å²) in [7, 11) is 1.57. The average molecular weight is 1670 g/mol. The number of hydrogen-bond acceptors (Lipinski definition) is 29. The van der Waals surface area contributed by atoms with Crippen molar-refractivity contribution in [2.45, 2.75) is 350 Å². The summed E-state index contributed by atoms with van der Waals surface area (Å²) in [6.45, 7) is 5.75. The molecule has 672 valence electrons. The number of carbonyl (C=O) groups is 9. The molecule has 4 fully saturated rings. The first kappa shape index (κ1) is 103. The molecule has 34 heteroatoms. The molecule has 17 atom stereocenters.